The van der Waals surface area contributed by atoms with Gasteiger partial charge in [-0.15, -0.1) is 0 Å². The summed E-state index contributed by atoms with van der Waals surface area (Å²) >= 11 is 0. The minimum atomic E-state index is -0.607. The molecule has 1 atom stereocenters. The number of nitrogens with zero attached hydrogens (tertiary/aromatic N) is 4. The maximum Gasteiger partial charge on any atom is 0.346 e. The van der Waals surface area contributed by atoms with Crippen molar-refractivity contribution in [1.29, 1.82) is 0 Å². The van der Waals surface area contributed by atoms with E-state index in [9.17, 15) is 14.0 Å². The Morgan fingerprint density at radius 2 is 2.10 bits per heavy atom. The molecule has 1 aromatic carbocycles. The number of rotatable bonds is 5. The van der Waals surface area contributed by atoms with Crippen LogP contribution in [0.4, 0.5) is 4.39 Å². The number of fused-ring (bicyclic) bond motifs is 1. The van der Waals surface area contributed by atoms with Gasteiger partial charge in [0, 0.05) is 12.6 Å². The average molecular weight is 395 g/mol. The summed E-state index contributed by atoms with van der Waals surface area (Å²) in [5.41, 5.74) is 1.06. The molecule has 1 amide bonds. The van der Waals surface area contributed by atoms with Gasteiger partial charge in [0.15, 0.2) is 0 Å². The van der Waals surface area contributed by atoms with E-state index in [0.717, 1.165) is 18.5 Å². The zero-order chi connectivity index (χ0) is 20.2. The maximum absolute atomic E-state index is 13.5. The lowest BCUT2D eigenvalue weighted by Gasteiger charge is -2.16. The fraction of sp³-hybridized carbons (Fsp3) is 0.333. The van der Waals surface area contributed by atoms with E-state index in [-0.39, 0.29) is 24.0 Å². The number of carbonyl (C=O) groups excluding carboxylic acids is 1. The van der Waals surface area contributed by atoms with Crippen molar-refractivity contribution in [2.24, 2.45) is 0 Å². The van der Waals surface area contributed by atoms with Crippen LogP contribution in [0.1, 0.15) is 42.4 Å². The zero-order valence-corrected chi connectivity index (χ0v) is 15.9. The molecule has 3 aromatic rings. The Labute approximate surface area is 167 Å². The molecule has 1 aliphatic rings. The second-order valence-electron chi connectivity index (χ2n) is 7.16. The highest BCUT2D eigenvalue weighted by Crippen LogP contribution is 2.22. The molecular formula is C21H22FN5O2. The van der Waals surface area contributed by atoms with Crippen molar-refractivity contribution >= 4 is 5.91 Å². The molecular weight excluding hydrogens is 373 g/mol. The second kappa shape index (κ2) is 8.38. The van der Waals surface area contributed by atoms with E-state index in [2.05, 4.69) is 15.4 Å². The van der Waals surface area contributed by atoms with Crippen molar-refractivity contribution in [3.8, 4) is 0 Å². The first-order valence-corrected chi connectivity index (χ1v) is 9.72. The van der Waals surface area contributed by atoms with E-state index >= 15 is 0 Å². The normalized spacial score (nSPS) is 16.1. The lowest BCUT2D eigenvalue weighted by atomic mass is 10.1. The molecule has 0 saturated carbocycles. The van der Waals surface area contributed by atoms with Crippen molar-refractivity contribution in [2.75, 3.05) is 0 Å². The fourth-order valence-electron chi connectivity index (χ4n) is 3.66. The summed E-state index contributed by atoms with van der Waals surface area (Å²) in [6.45, 7) is 0.469. The number of carbonyl (C=O) groups is 1. The van der Waals surface area contributed by atoms with E-state index in [0.29, 0.717) is 30.8 Å². The molecule has 0 aliphatic carbocycles. The van der Waals surface area contributed by atoms with Gasteiger partial charge in [-0.3, -0.25) is 14.3 Å². The molecule has 0 fully saturated rings. The van der Waals surface area contributed by atoms with E-state index in [1.807, 2.05) is 18.2 Å². The van der Waals surface area contributed by atoms with Crippen molar-refractivity contribution in [3.05, 3.63) is 82.0 Å². The molecule has 3 heterocycles. The molecule has 4 rings (SSSR count). The van der Waals surface area contributed by atoms with Gasteiger partial charge in [0.1, 0.15) is 17.7 Å². The van der Waals surface area contributed by atoms with Crippen molar-refractivity contribution in [1.82, 2.24) is 24.6 Å². The van der Waals surface area contributed by atoms with Crippen LogP contribution >= 0.6 is 0 Å². The zero-order valence-electron chi connectivity index (χ0n) is 15.9. The monoisotopic (exact) mass is 395 g/mol. The first-order chi connectivity index (χ1) is 14.1. The maximum atomic E-state index is 13.5. The van der Waals surface area contributed by atoms with Gasteiger partial charge < -0.3 is 5.32 Å². The number of nitrogens with one attached hydrogen (secondary N) is 1. The van der Waals surface area contributed by atoms with Gasteiger partial charge >= 0.3 is 5.69 Å². The summed E-state index contributed by atoms with van der Waals surface area (Å²) in [7, 11) is 0. The predicted octanol–water partition coefficient (Wildman–Crippen LogP) is 2.21. The summed E-state index contributed by atoms with van der Waals surface area (Å²) in [6.07, 6.45) is 4.59. The molecule has 0 saturated heterocycles. The summed E-state index contributed by atoms with van der Waals surface area (Å²) in [6, 6.07) is 11.0. The molecule has 1 aliphatic heterocycles. The first kappa shape index (κ1) is 19.0. The van der Waals surface area contributed by atoms with Gasteiger partial charge in [-0.05, 0) is 42.7 Å². The Kier molecular flexibility index (Phi) is 5.50. The number of benzene rings is 1. The molecule has 29 heavy (non-hydrogen) atoms. The standard InChI is InChI=1S/C21H22FN5O2/c22-16-7-5-6-15(12-16)14-26-21(29)27-18(9-1-2-10-19(27)25-26)20(28)24-13-17-8-3-4-11-23-17/h3-8,11-12,18H,1-2,9-10,13-14H2,(H,24,28). The molecule has 150 valence electrons. The first-order valence-electron chi connectivity index (χ1n) is 9.72. The van der Waals surface area contributed by atoms with Crippen LogP contribution in [-0.2, 0) is 24.3 Å². The van der Waals surface area contributed by atoms with E-state index in [1.165, 1.54) is 21.4 Å². The van der Waals surface area contributed by atoms with Gasteiger partial charge in [-0.1, -0.05) is 24.6 Å². The third-order valence-electron chi connectivity index (χ3n) is 5.07. The molecule has 0 radical (unpaired) electrons. The number of aryl methyl sites for hydroxylation is 1. The average Bonchev–Trinajstić information content (AvgIpc) is 2.90. The lowest BCUT2D eigenvalue weighted by molar-refractivity contribution is -0.124. The summed E-state index contributed by atoms with van der Waals surface area (Å²) in [5.74, 6) is 0.0243. The Morgan fingerprint density at radius 1 is 1.21 bits per heavy atom. The number of amides is 1. The van der Waals surface area contributed by atoms with Crippen LogP contribution in [0.25, 0.3) is 0 Å². The SMILES string of the molecule is O=C(NCc1ccccn1)C1CCCCc2nn(Cc3cccc(F)c3)c(=O)n21. The molecule has 0 bridgehead atoms. The van der Waals surface area contributed by atoms with Crippen LogP contribution in [0.15, 0.2) is 53.5 Å². The van der Waals surface area contributed by atoms with E-state index < -0.39 is 6.04 Å². The molecule has 8 heteroatoms. The Bertz CT molecular complexity index is 1060. The van der Waals surface area contributed by atoms with Crippen LogP contribution in [0, 0.1) is 5.82 Å². The minimum absolute atomic E-state index is 0.166. The summed E-state index contributed by atoms with van der Waals surface area (Å²) in [4.78, 5) is 30.1. The molecule has 2 aromatic heterocycles. The Hall–Kier alpha value is -3.29. The molecule has 1 unspecified atom stereocenters. The van der Waals surface area contributed by atoms with Gasteiger partial charge in [0.25, 0.3) is 0 Å². The highest BCUT2D eigenvalue weighted by Gasteiger charge is 2.29. The van der Waals surface area contributed by atoms with Gasteiger partial charge in [0.2, 0.25) is 5.91 Å². The van der Waals surface area contributed by atoms with Crippen molar-refractivity contribution in [2.45, 2.75) is 44.8 Å². The van der Waals surface area contributed by atoms with Gasteiger partial charge in [-0.25, -0.2) is 13.9 Å². The summed E-state index contributed by atoms with van der Waals surface area (Å²) in [5, 5.41) is 7.32. The number of aromatic nitrogens is 4. The van der Waals surface area contributed by atoms with E-state index in [1.54, 1.807) is 18.3 Å². The third-order valence-corrected chi connectivity index (χ3v) is 5.07. The highest BCUT2D eigenvalue weighted by atomic mass is 19.1. The number of halogens is 1. The Morgan fingerprint density at radius 3 is 2.90 bits per heavy atom. The molecule has 0 spiro atoms. The number of pyridine rings is 1. The van der Waals surface area contributed by atoms with Crippen LogP contribution in [-0.4, -0.2) is 25.2 Å². The Balaban J connectivity index is 1.57. The fourth-order valence-corrected chi connectivity index (χ4v) is 3.66. The van der Waals surface area contributed by atoms with Crippen molar-refractivity contribution < 1.29 is 9.18 Å². The lowest BCUT2D eigenvalue weighted by Crippen LogP contribution is -2.38. The third kappa shape index (κ3) is 4.26. The molecule has 7 nitrogen and oxygen atoms in total. The molecule has 1 N–H and O–H groups in total. The number of hydrogen-bond donors (Lipinski definition) is 1. The minimum Gasteiger partial charge on any atom is -0.349 e. The predicted molar refractivity (Wildman–Crippen MR) is 105 cm³/mol. The van der Waals surface area contributed by atoms with Crippen LogP contribution < -0.4 is 11.0 Å². The summed E-state index contributed by atoms with van der Waals surface area (Å²) < 4.78 is 16.3. The van der Waals surface area contributed by atoms with Crippen LogP contribution in [0.3, 0.4) is 0 Å². The largest absolute Gasteiger partial charge is 0.349 e. The number of hydrogen-bond acceptors (Lipinski definition) is 4. The quantitative estimate of drug-likeness (QED) is 0.718. The van der Waals surface area contributed by atoms with Crippen molar-refractivity contribution in [3.63, 3.8) is 0 Å². The van der Waals surface area contributed by atoms with Gasteiger partial charge in [0.05, 0.1) is 18.8 Å². The van der Waals surface area contributed by atoms with E-state index in [4.69, 9.17) is 0 Å². The smallest absolute Gasteiger partial charge is 0.346 e. The second-order valence-corrected chi connectivity index (χ2v) is 7.16. The van der Waals surface area contributed by atoms with Crippen LogP contribution in [0.5, 0.6) is 0 Å². The van der Waals surface area contributed by atoms with Gasteiger partial charge in [-0.2, -0.15) is 5.10 Å². The van der Waals surface area contributed by atoms with Crippen LogP contribution in [0.2, 0.25) is 0 Å². The topological polar surface area (TPSA) is 81.8 Å². The highest BCUT2D eigenvalue weighted by molar-refractivity contribution is 5.80.